The van der Waals surface area contributed by atoms with Gasteiger partial charge in [-0.05, 0) is 42.0 Å². The number of ether oxygens (including phenoxy) is 2. The second kappa shape index (κ2) is 6.74. The third-order valence-corrected chi connectivity index (χ3v) is 4.29. The fourth-order valence-corrected chi connectivity index (χ4v) is 2.89. The Bertz CT molecular complexity index is 737. The zero-order valence-corrected chi connectivity index (χ0v) is 13.7. The number of methoxy groups -OCH3 is 2. The van der Waals surface area contributed by atoms with Gasteiger partial charge in [0.1, 0.15) is 11.5 Å². The summed E-state index contributed by atoms with van der Waals surface area (Å²) >= 11 is 0. The summed E-state index contributed by atoms with van der Waals surface area (Å²) in [4.78, 5) is 26.2. The van der Waals surface area contributed by atoms with Gasteiger partial charge in [0, 0.05) is 24.4 Å². The van der Waals surface area contributed by atoms with Crippen LogP contribution < -0.4 is 9.47 Å². The molecule has 2 amide bonds. The summed E-state index contributed by atoms with van der Waals surface area (Å²) in [7, 11) is 3.18. The second-order valence-corrected chi connectivity index (χ2v) is 5.71. The van der Waals surface area contributed by atoms with Crippen LogP contribution in [0.1, 0.15) is 28.3 Å². The Morgan fingerprint density at radius 3 is 2.04 bits per heavy atom. The molecule has 1 fully saturated rings. The van der Waals surface area contributed by atoms with Crippen molar-refractivity contribution in [2.45, 2.75) is 12.3 Å². The quantitative estimate of drug-likeness (QED) is 0.811. The van der Waals surface area contributed by atoms with Gasteiger partial charge in [0.15, 0.2) is 0 Å². The SMILES string of the molecule is COc1ccc(C(=O)N2CC(c3ccc(OC)cc3)CC2=O)cc1. The molecule has 2 aromatic rings. The molecule has 0 aromatic heterocycles. The number of amides is 2. The van der Waals surface area contributed by atoms with Crippen molar-refractivity contribution < 1.29 is 19.1 Å². The number of hydrogen-bond donors (Lipinski definition) is 0. The number of benzene rings is 2. The van der Waals surface area contributed by atoms with E-state index in [1.54, 1.807) is 38.5 Å². The van der Waals surface area contributed by atoms with E-state index in [1.165, 1.54) is 4.90 Å². The van der Waals surface area contributed by atoms with Crippen LogP contribution in [0.5, 0.6) is 11.5 Å². The van der Waals surface area contributed by atoms with Gasteiger partial charge in [0.25, 0.3) is 5.91 Å². The van der Waals surface area contributed by atoms with Crippen molar-refractivity contribution in [1.82, 2.24) is 4.90 Å². The van der Waals surface area contributed by atoms with E-state index in [0.29, 0.717) is 24.3 Å². The molecule has 1 aliphatic rings. The molecule has 24 heavy (non-hydrogen) atoms. The highest BCUT2D eigenvalue weighted by molar-refractivity contribution is 6.06. The van der Waals surface area contributed by atoms with Gasteiger partial charge in [-0.15, -0.1) is 0 Å². The topological polar surface area (TPSA) is 55.8 Å². The summed E-state index contributed by atoms with van der Waals surface area (Å²) < 4.78 is 10.2. The normalized spacial score (nSPS) is 17.0. The van der Waals surface area contributed by atoms with Crippen molar-refractivity contribution in [2.75, 3.05) is 20.8 Å². The molecule has 5 heteroatoms. The minimum Gasteiger partial charge on any atom is -0.497 e. The van der Waals surface area contributed by atoms with Crippen LogP contribution in [0.25, 0.3) is 0 Å². The summed E-state index contributed by atoms with van der Waals surface area (Å²) in [5, 5.41) is 0. The molecule has 0 saturated carbocycles. The molecular weight excluding hydrogens is 306 g/mol. The van der Waals surface area contributed by atoms with Crippen molar-refractivity contribution in [3.05, 3.63) is 59.7 Å². The number of carbonyl (C=O) groups is 2. The van der Waals surface area contributed by atoms with Crippen LogP contribution in [0.15, 0.2) is 48.5 Å². The van der Waals surface area contributed by atoms with Crippen LogP contribution in [0, 0.1) is 0 Å². The van der Waals surface area contributed by atoms with Gasteiger partial charge >= 0.3 is 0 Å². The van der Waals surface area contributed by atoms with Crippen LogP contribution in [-0.4, -0.2) is 37.5 Å². The van der Waals surface area contributed by atoms with Gasteiger partial charge in [0.05, 0.1) is 14.2 Å². The highest BCUT2D eigenvalue weighted by Crippen LogP contribution is 2.30. The summed E-state index contributed by atoms with van der Waals surface area (Å²) in [6.07, 6.45) is 0.341. The van der Waals surface area contributed by atoms with Crippen molar-refractivity contribution >= 4 is 11.8 Å². The standard InChI is InChI=1S/C19H19NO4/c1-23-16-7-3-13(4-8-16)15-11-18(21)20(12-15)19(22)14-5-9-17(24-2)10-6-14/h3-10,15H,11-12H2,1-2H3. The lowest BCUT2D eigenvalue weighted by Gasteiger charge is -2.15. The number of imide groups is 1. The highest BCUT2D eigenvalue weighted by Gasteiger charge is 2.35. The molecule has 2 aromatic carbocycles. The first-order valence-corrected chi connectivity index (χ1v) is 7.75. The summed E-state index contributed by atoms with van der Waals surface area (Å²) in [5.41, 5.74) is 1.52. The monoisotopic (exact) mass is 325 g/mol. The van der Waals surface area contributed by atoms with Crippen molar-refractivity contribution in [1.29, 1.82) is 0 Å². The third-order valence-electron chi connectivity index (χ3n) is 4.29. The molecule has 1 unspecified atom stereocenters. The summed E-state index contributed by atoms with van der Waals surface area (Å²) in [6, 6.07) is 14.4. The van der Waals surface area contributed by atoms with E-state index in [-0.39, 0.29) is 17.7 Å². The van der Waals surface area contributed by atoms with E-state index >= 15 is 0 Å². The first kappa shape index (κ1) is 16.1. The molecule has 0 aliphatic carbocycles. The maximum absolute atomic E-state index is 12.6. The van der Waals surface area contributed by atoms with Crippen LogP contribution in [0.3, 0.4) is 0 Å². The molecule has 1 aliphatic heterocycles. The summed E-state index contributed by atoms with van der Waals surface area (Å²) in [5.74, 6) is 1.06. The lowest BCUT2D eigenvalue weighted by molar-refractivity contribution is -0.125. The van der Waals surface area contributed by atoms with Crippen LogP contribution >= 0.6 is 0 Å². The average molecular weight is 325 g/mol. The van der Waals surface area contributed by atoms with Gasteiger partial charge in [-0.1, -0.05) is 12.1 Å². The molecular formula is C19H19NO4. The zero-order valence-electron chi connectivity index (χ0n) is 13.7. The molecule has 124 valence electrons. The van der Waals surface area contributed by atoms with E-state index in [2.05, 4.69) is 0 Å². The number of hydrogen-bond acceptors (Lipinski definition) is 4. The molecule has 0 bridgehead atoms. The minimum atomic E-state index is -0.265. The van der Waals surface area contributed by atoms with Crippen LogP contribution in [0.2, 0.25) is 0 Å². The Hall–Kier alpha value is -2.82. The Balaban J connectivity index is 1.74. The van der Waals surface area contributed by atoms with E-state index in [0.717, 1.165) is 11.3 Å². The zero-order chi connectivity index (χ0) is 17.1. The third kappa shape index (κ3) is 3.11. The Labute approximate surface area is 140 Å². The molecule has 1 heterocycles. The predicted molar refractivity (Wildman–Crippen MR) is 89.4 cm³/mol. The molecule has 0 radical (unpaired) electrons. The number of likely N-dealkylation sites (tertiary alicyclic amines) is 1. The highest BCUT2D eigenvalue weighted by atomic mass is 16.5. The minimum absolute atomic E-state index is 0.0191. The Kier molecular flexibility index (Phi) is 4.51. The number of nitrogens with zero attached hydrogens (tertiary/aromatic N) is 1. The predicted octanol–water partition coefficient (Wildman–Crippen LogP) is 2.86. The van der Waals surface area contributed by atoms with Crippen LogP contribution in [0.4, 0.5) is 0 Å². The lowest BCUT2D eigenvalue weighted by Crippen LogP contribution is -2.32. The first-order valence-electron chi connectivity index (χ1n) is 7.75. The Morgan fingerprint density at radius 1 is 0.958 bits per heavy atom. The van der Waals surface area contributed by atoms with E-state index in [4.69, 9.17) is 9.47 Å². The summed E-state index contributed by atoms with van der Waals surface area (Å²) in [6.45, 7) is 0.399. The Morgan fingerprint density at radius 2 is 1.50 bits per heavy atom. The van der Waals surface area contributed by atoms with Gasteiger partial charge in [0.2, 0.25) is 5.91 Å². The second-order valence-electron chi connectivity index (χ2n) is 5.71. The van der Waals surface area contributed by atoms with Crippen LogP contribution in [-0.2, 0) is 4.79 Å². The molecule has 0 spiro atoms. The van der Waals surface area contributed by atoms with Gasteiger partial charge in [-0.3, -0.25) is 14.5 Å². The maximum Gasteiger partial charge on any atom is 0.260 e. The number of rotatable bonds is 4. The average Bonchev–Trinajstić information content (AvgIpc) is 3.03. The van der Waals surface area contributed by atoms with Crippen molar-refractivity contribution in [3.63, 3.8) is 0 Å². The van der Waals surface area contributed by atoms with E-state index in [1.807, 2.05) is 24.3 Å². The fraction of sp³-hybridized carbons (Fsp3) is 0.263. The molecule has 5 nitrogen and oxygen atoms in total. The van der Waals surface area contributed by atoms with Crippen molar-refractivity contribution in [2.24, 2.45) is 0 Å². The lowest BCUT2D eigenvalue weighted by atomic mass is 9.98. The van der Waals surface area contributed by atoms with Gasteiger partial charge in [-0.25, -0.2) is 0 Å². The largest absolute Gasteiger partial charge is 0.497 e. The van der Waals surface area contributed by atoms with Gasteiger partial charge in [-0.2, -0.15) is 0 Å². The van der Waals surface area contributed by atoms with Crippen molar-refractivity contribution in [3.8, 4) is 11.5 Å². The number of carbonyl (C=O) groups excluding carboxylic acids is 2. The van der Waals surface area contributed by atoms with E-state index in [9.17, 15) is 9.59 Å². The fourth-order valence-electron chi connectivity index (χ4n) is 2.89. The molecule has 3 rings (SSSR count). The molecule has 0 N–H and O–H groups in total. The molecule has 1 atom stereocenters. The first-order chi connectivity index (χ1) is 11.6. The molecule has 1 saturated heterocycles. The smallest absolute Gasteiger partial charge is 0.260 e. The van der Waals surface area contributed by atoms with E-state index < -0.39 is 0 Å². The maximum atomic E-state index is 12.6. The van der Waals surface area contributed by atoms with Gasteiger partial charge < -0.3 is 9.47 Å².